The maximum absolute atomic E-state index is 12.6. The Balaban J connectivity index is 4.09. The van der Waals surface area contributed by atoms with Crippen molar-refractivity contribution in [1.29, 1.82) is 0 Å². The molecule has 0 saturated carbocycles. The Morgan fingerprint density at radius 2 is 0.850 bits per heavy atom. The first-order valence-corrected chi connectivity index (χ1v) is 25.4. The Labute approximate surface area is 367 Å². The second kappa shape index (κ2) is 45.7. The predicted octanol–water partition coefficient (Wildman–Crippen LogP) is 15.5. The lowest BCUT2D eigenvalue weighted by atomic mass is 10.1. The highest BCUT2D eigenvalue weighted by Gasteiger charge is 2.25. The molecule has 0 aliphatic heterocycles. The van der Waals surface area contributed by atoms with Crippen LogP contribution in [0, 0.1) is 0 Å². The molecule has 0 aliphatic carbocycles. The van der Waals surface area contributed by atoms with E-state index in [9.17, 15) is 19.0 Å². The number of unbranched alkanes of at least 4 members (excludes halogenated alkanes) is 17. The van der Waals surface area contributed by atoms with Gasteiger partial charge in [0.15, 0.2) is 6.10 Å². The van der Waals surface area contributed by atoms with Crippen LogP contribution in [-0.4, -0.2) is 42.8 Å². The number of carbonyl (C=O) groups excluding carboxylic acids is 2. The first-order valence-electron chi connectivity index (χ1n) is 23.9. The molecule has 0 aliphatic rings. The third-order valence-corrected chi connectivity index (χ3v) is 10.7. The molecule has 0 amide bonds. The van der Waals surface area contributed by atoms with E-state index in [-0.39, 0.29) is 32.0 Å². The summed E-state index contributed by atoms with van der Waals surface area (Å²) in [6.45, 7) is 5.31. The van der Waals surface area contributed by atoms with Crippen LogP contribution in [0.25, 0.3) is 0 Å². The number of carbonyl (C=O) groups is 2. The highest BCUT2D eigenvalue weighted by atomic mass is 31.2. The van der Waals surface area contributed by atoms with Gasteiger partial charge in [0.25, 0.3) is 0 Å². The Morgan fingerprint density at radius 1 is 0.467 bits per heavy atom. The molecule has 2 atom stereocenters. The van der Waals surface area contributed by atoms with Crippen molar-refractivity contribution in [3.63, 3.8) is 0 Å². The van der Waals surface area contributed by atoms with Gasteiger partial charge in [-0.05, 0) is 96.8 Å². The van der Waals surface area contributed by atoms with E-state index >= 15 is 0 Å². The van der Waals surface area contributed by atoms with Crippen molar-refractivity contribution in [1.82, 2.24) is 0 Å². The number of hydrogen-bond donors (Lipinski definition) is 1. The zero-order valence-corrected chi connectivity index (χ0v) is 39.2. The quantitative estimate of drug-likeness (QED) is 0.0279. The van der Waals surface area contributed by atoms with Crippen molar-refractivity contribution >= 4 is 19.8 Å². The van der Waals surface area contributed by atoms with Gasteiger partial charge in [-0.2, -0.15) is 0 Å². The molecule has 2 unspecified atom stereocenters. The van der Waals surface area contributed by atoms with Gasteiger partial charge in [-0.15, -0.1) is 0 Å². The summed E-state index contributed by atoms with van der Waals surface area (Å²) < 4.78 is 32.7. The second-order valence-corrected chi connectivity index (χ2v) is 16.8. The normalized spacial score (nSPS) is 14.0. The maximum atomic E-state index is 12.6. The van der Waals surface area contributed by atoms with Crippen molar-refractivity contribution in [3.8, 4) is 0 Å². The van der Waals surface area contributed by atoms with Gasteiger partial charge in [-0.25, -0.2) is 4.57 Å². The van der Waals surface area contributed by atoms with E-state index in [1.54, 1.807) is 6.92 Å². The van der Waals surface area contributed by atoms with E-state index in [1.807, 2.05) is 0 Å². The van der Waals surface area contributed by atoms with E-state index in [2.05, 4.69) is 98.9 Å². The van der Waals surface area contributed by atoms with Gasteiger partial charge in [0.05, 0.1) is 13.2 Å². The zero-order valence-electron chi connectivity index (χ0n) is 38.3. The molecule has 0 aromatic carbocycles. The van der Waals surface area contributed by atoms with Crippen LogP contribution in [0.5, 0.6) is 0 Å². The first-order chi connectivity index (χ1) is 29.3. The van der Waals surface area contributed by atoms with Crippen LogP contribution < -0.4 is 0 Å². The van der Waals surface area contributed by atoms with Gasteiger partial charge < -0.3 is 14.4 Å². The monoisotopic (exact) mass is 859 g/mol. The Hall–Kier alpha value is -2.77. The Bertz CT molecular complexity index is 1250. The minimum absolute atomic E-state index is 0.00806. The van der Waals surface area contributed by atoms with Crippen molar-refractivity contribution in [3.05, 3.63) is 85.1 Å². The molecular formula is C51H87O8P. The maximum Gasteiger partial charge on any atom is 0.472 e. The predicted molar refractivity (Wildman–Crippen MR) is 253 cm³/mol. The molecule has 0 aromatic heterocycles. The second-order valence-electron chi connectivity index (χ2n) is 15.4. The fourth-order valence-electron chi connectivity index (χ4n) is 6.22. The number of esters is 2. The number of phosphoric ester groups is 1. The molecule has 8 nitrogen and oxygen atoms in total. The van der Waals surface area contributed by atoms with Crippen LogP contribution in [-0.2, 0) is 32.7 Å². The molecule has 0 radical (unpaired) electrons. The summed E-state index contributed by atoms with van der Waals surface area (Å²) in [6.07, 6.45) is 59.2. The molecule has 0 fully saturated rings. The molecule has 0 saturated heterocycles. The Kier molecular flexibility index (Phi) is 43.6. The van der Waals surface area contributed by atoms with Gasteiger partial charge in [-0.3, -0.25) is 18.6 Å². The van der Waals surface area contributed by atoms with Crippen molar-refractivity contribution < 1.29 is 37.6 Å². The number of hydrogen-bond acceptors (Lipinski definition) is 7. The minimum atomic E-state index is -4.30. The summed E-state index contributed by atoms with van der Waals surface area (Å²) >= 11 is 0. The number of phosphoric acid groups is 1. The summed E-state index contributed by atoms with van der Waals surface area (Å²) in [4.78, 5) is 34.9. The van der Waals surface area contributed by atoms with E-state index < -0.39 is 26.5 Å². The fourth-order valence-corrected chi connectivity index (χ4v) is 6.97. The average Bonchev–Trinajstić information content (AvgIpc) is 3.23. The van der Waals surface area contributed by atoms with Gasteiger partial charge >= 0.3 is 19.8 Å². The lowest BCUT2D eigenvalue weighted by Crippen LogP contribution is -2.29. The van der Waals surface area contributed by atoms with E-state index in [0.717, 1.165) is 96.3 Å². The first kappa shape index (κ1) is 57.2. The lowest BCUT2D eigenvalue weighted by Gasteiger charge is -2.19. The lowest BCUT2D eigenvalue weighted by molar-refractivity contribution is -0.161. The summed E-state index contributed by atoms with van der Waals surface area (Å²) in [5, 5.41) is 0. The third-order valence-electron chi connectivity index (χ3n) is 9.69. The molecule has 0 spiro atoms. The van der Waals surface area contributed by atoms with E-state index in [1.165, 1.54) is 64.2 Å². The summed E-state index contributed by atoms with van der Waals surface area (Å²) in [5.41, 5.74) is 0. The van der Waals surface area contributed by atoms with Crippen LogP contribution in [0.1, 0.15) is 201 Å². The van der Waals surface area contributed by atoms with E-state index in [4.69, 9.17) is 18.5 Å². The molecular weight excluding hydrogens is 772 g/mol. The largest absolute Gasteiger partial charge is 0.472 e. The minimum Gasteiger partial charge on any atom is -0.462 e. The summed E-state index contributed by atoms with van der Waals surface area (Å²) in [7, 11) is -4.30. The highest BCUT2D eigenvalue weighted by Crippen LogP contribution is 2.43. The molecule has 344 valence electrons. The topological polar surface area (TPSA) is 108 Å². The molecule has 9 heteroatoms. The SMILES string of the molecule is CC/C=C\C/C=C\C/C=C\C/C=C\CCCCCCCCCCC(=O)OC(COC(=O)CCCCCCCC/C=C\C/C=C\C/C=C\CCCCC)COP(=O)(O)OCC. The summed E-state index contributed by atoms with van der Waals surface area (Å²) in [5.74, 6) is -0.826. The molecule has 0 aromatic rings. The van der Waals surface area contributed by atoms with Gasteiger partial charge in [0, 0.05) is 12.8 Å². The molecule has 0 heterocycles. The van der Waals surface area contributed by atoms with Crippen molar-refractivity contribution in [2.75, 3.05) is 19.8 Å². The third kappa shape index (κ3) is 44.8. The molecule has 1 N–H and O–H groups in total. The van der Waals surface area contributed by atoms with Gasteiger partial charge in [0.2, 0.25) is 0 Å². The number of allylic oxidation sites excluding steroid dienone is 14. The van der Waals surface area contributed by atoms with Gasteiger partial charge in [0.1, 0.15) is 6.61 Å². The fraction of sp³-hybridized carbons (Fsp3) is 0.686. The van der Waals surface area contributed by atoms with Crippen LogP contribution in [0.2, 0.25) is 0 Å². The van der Waals surface area contributed by atoms with Crippen LogP contribution in [0.4, 0.5) is 0 Å². The molecule has 0 bridgehead atoms. The standard InChI is InChI=1S/C51H87O8P/c1-4-7-9-11-13-15-17-19-21-23-25-26-28-30-32-34-36-38-40-42-44-46-51(53)59-49(48-58-60(54,55)57-6-3)47-56-50(52)45-43-41-39-37-35-33-31-29-27-24-22-20-18-16-14-12-10-8-5-2/h7,9,13-16,19-22,25-27,29,49H,4-6,8,10-12,17-18,23-24,28,30-48H2,1-3H3,(H,54,55)/b9-7-,15-13-,16-14-,21-19-,22-20-,26-25-,29-27-. The molecule has 0 rings (SSSR count). The number of ether oxygens (including phenoxy) is 2. The van der Waals surface area contributed by atoms with Crippen LogP contribution in [0.3, 0.4) is 0 Å². The highest BCUT2D eigenvalue weighted by molar-refractivity contribution is 7.47. The zero-order chi connectivity index (χ0) is 43.9. The van der Waals surface area contributed by atoms with Crippen LogP contribution >= 0.6 is 7.82 Å². The van der Waals surface area contributed by atoms with Crippen molar-refractivity contribution in [2.45, 2.75) is 207 Å². The Morgan fingerprint density at radius 3 is 1.28 bits per heavy atom. The molecule has 60 heavy (non-hydrogen) atoms. The van der Waals surface area contributed by atoms with Crippen molar-refractivity contribution in [2.24, 2.45) is 0 Å². The van der Waals surface area contributed by atoms with E-state index in [0.29, 0.717) is 6.42 Å². The summed E-state index contributed by atoms with van der Waals surface area (Å²) in [6, 6.07) is 0. The average molecular weight is 859 g/mol. The number of rotatable bonds is 43. The van der Waals surface area contributed by atoms with Gasteiger partial charge in [-0.1, -0.05) is 176 Å². The smallest absolute Gasteiger partial charge is 0.462 e. The van der Waals surface area contributed by atoms with Crippen LogP contribution in [0.15, 0.2) is 85.1 Å².